The normalized spacial score (nSPS) is 12.6. The van der Waals surface area contributed by atoms with Crippen molar-refractivity contribution in [3.05, 3.63) is 426 Å². The number of halogens is 3. The lowest BCUT2D eigenvalue weighted by atomic mass is 9.71. The van der Waals surface area contributed by atoms with Gasteiger partial charge in [-0.25, -0.2) is 0 Å². The minimum atomic E-state index is -0.841. The predicted molar refractivity (Wildman–Crippen MR) is 611 cm³/mol. The summed E-state index contributed by atoms with van der Waals surface area (Å²) in [6.07, 6.45) is 0. The van der Waals surface area contributed by atoms with Gasteiger partial charge in [-0.1, -0.05) is 367 Å². The van der Waals surface area contributed by atoms with Crippen molar-refractivity contribution in [2.45, 2.75) is 269 Å². The summed E-state index contributed by atoms with van der Waals surface area (Å²) in [6, 6.07) is 123. The smallest absolute Gasteiger partial charge is 0.0887 e. The topological polar surface area (TPSA) is 19.4 Å². The molecule has 15 rings (SSSR count). The molecule has 0 aliphatic heterocycles. The van der Waals surface area contributed by atoms with Gasteiger partial charge in [0.05, 0.1) is 49.2 Å². The average molecular weight is 1910 g/mol. The highest BCUT2D eigenvalue weighted by molar-refractivity contribution is 6.38. The summed E-state index contributed by atoms with van der Waals surface area (Å²) in [4.78, 5) is 14.0. The highest BCUT2D eigenvalue weighted by atomic mass is 35.5. The summed E-state index contributed by atoms with van der Waals surface area (Å²) in [5.41, 5.74) is 33.1. The Morgan fingerprint density at radius 1 is 0.136 bits per heavy atom. The Kier molecular flexibility index (Phi) is 28.3. The van der Waals surface area contributed by atoms with Gasteiger partial charge in [0.25, 0.3) is 0 Å². The molecule has 0 heterocycles. The monoisotopic (exact) mass is 1910 g/mol. The molecule has 0 bridgehead atoms. The van der Waals surface area contributed by atoms with E-state index in [2.05, 4.69) is 572 Å². The number of hydrogen-bond acceptors (Lipinski definition) is 6. The fourth-order valence-corrected chi connectivity index (χ4v) is 19.9. The molecule has 0 atom stereocenters. The number of benzene rings is 15. The lowest BCUT2D eigenvalue weighted by molar-refractivity contribution is 0.590. The average Bonchev–Trinajstić information content (AvgIpc) is 0.742. The summed E-state index contributed by atoms with van der Waals surface area (Å²) >= 11 is 25.1. The van der Waals surface area contributed by atoms with E-state index in [0.717, 1.165) is 136 Å². The molecule has 0 fully saturated rings. The van der Waals surface area contributed by atoms with Crippen molar-refractivity contribution in [2.75, 3.05) is 29.4 Å². The molecule has 0 spiro atoms. The maximum atomic E-state index is 8.36. The number of nitrogens with zero attached hydrogens (tertiary/aromatic N) is 6. The Morgan fingerprint density at radius 3 is 0.307 bits per heavy atom. The van der Waals surface area contributed by atoms with Gasteiger partial charge in [-0.3, -0.25) is 0 Å². The third-order valence-electron chi connectivity index (χ3n) is 28.0. The van der Waals surface area contributed by atoms with E-state index in [1.165, 1.54) is 50.1 Å². The number of rotatable bonds is 21. The number of hydrogen-bond donors (Lipinski definition) is 0. The Morgan fingerprint density at radius 2 is 0.221 bits per heavy atom. The van der Waals surface area contributed by atoms with E-state index in [1.54, 1.807) is 0 Å². The third kappa shape index (κ3) is 21.9. The fraction of sp³-hybridized carbons (Fsp3) is 0.313. The molecule has 140 heavy (non-hydrogen) atoms. The van der Waals surface area contributed by atoms with Crippen LogP contribution in [0, 0.1) is 20.8 Å². The molecule has 0 aliphatic carbocycles. The van der Waals surface area contributed by atoms with E-state index in [9.17, 15) is 0 Å². The second kappa shape index (κ2) is 38.8. The number of aryl methyl sites for hydroxylation is 3. The molecule has 722 valence electrons. The number of anilines is 18. The van der Waals surface area contributed by atoms with Crippen molar-refractivity contribution >= 4 is 137 Å². The SMILES string of the molecule is Cc1cc(N(c2ccc(C(C)(C)C)cc2)c2ccc(C(C)(C)C)cc2)c(Cl)c(N(c2ccc(C(C)(C)C)cc2)c2ccc(C(C)(c3ccc(N(c4ccc(C(C)(C)C)cc4)c4cc(C)cc(N(c5ccc(C(C)(C)C)cc5)c5ccc(C(C)(C)C)cc5)c4Cl)cc3)c3ccc(N(c4ccc(C(C)(C)C)cc4)c4cc(C)cc(N(c5ccc(C(C)(C)C)cc5)c5ccc(C(C)(C)C)cc5)c4Cl)cc3)cc2)c1. The lowest BCUT2D eigenvalue weighted by Gasteiger charge is -2.35. The molecule has 15 aromatic rings. The zero-order valence-electron chi connectivity index (χ0n) is 89.0. The van der Waals surface area contributed by atoms with Crippen molar-refractivity contribution in [1.29, 1.82) is 0 Å². The van der Waals surface area contributed by atoms with Gasteiger partial charge < -0.3 is 29.4 Å². The Bertz CT molecular complexity index is 6040. The summed E-state index contributed by atoms with van der Waals surface area (Å²) in [5, 5.41) is 1.83. The van der Waals surface area contributed by atoms with Crippen LogP contribution in [0.3, 0.4) is 0 Å². The maximum absolute atomic E-state index is 8.36. The minimum Gasteiger partial charge on any atom is -0.309 e. The lowest BCUT2D eigenvalue weighted by Crippen LogP contribution is -2.26. The van der Waals surface area contributed by atoms with Gasteiger partial charge in [0.1, 0.15) is 0 Å². The van der Waals surface area contributed by atoms with Gasteiger partial charge in [0, 0.05) is 73.7 Å². The van der Waals surface area contributed by atoms with Crippen LogP contribution in [0.5, 0.6) is 0 Å². The van der Waals surface area contributed by atoms with Gasteiger partial charge in [-0.05, 0) is 342 Å². The van der Waals surface area contributed by atoms with Crippen LogP contribution >= 0.6 is 34.8 Å². The van der Waals surface area contributed by atoms with E-state index in [1.807, 2.05) is 0 Å². The summed E-state index contributed by atoms with van der Waals surface area (Å²) in [5.74, 6) is 0. The molecular weight excluding hydrogens is 1760 g/mol. The van der Waals surface area contributed by atoms with E-state index in [-0.39, 0.29) is 48.7 Å². The molecule has 0 N–H and O–H groups in total. The highest BCUT2D eigenvalue weighted by Crippen LogP contribution is 2.55. The standard InChI is InChI=1S/C131H147Cl3N6/c1-86-80-113(135(101-56-32-89(33-57-101)122(4,5)6)102-58-34-90(35-59-102)123(7,8)9)119(132)116(83-86)138(107-68-44-95(45-69-107)128(22,23)24)110-74-50-98(51-75-110)131(31,99-52-76-111(77-53-99)139(108-70-46-96(47-71-108)129(25,26)27)117-84-87(2)81-114(120(117)133)136(103-60-36-91(37-61-103)124(10,11)12)104-62-38-92(39-63-104)125(13,14)15)100-54-78-112(79-55-100)140(109-72-48-97(49-73-109)130(28,29)30)118-85-88(3)82-115(121(118)134)137(105-64-40-93(41-65-105)126(16,17)18)106-66-42-94(43-67-106)127(19,20)21/h32-85H,1-31H3. The van der Waals surface area contributed by atoms with E-state index in [4.69, 9.17) is 34.8 Å². The highest BCUT2D eigenvalue weighted by Gasteiger charge is 2.37. The molecule has 0 saturated carbocycles. The van der Waals surface area contributed by atoms with Gasteiger partial charge >= 0.3 is 0 Å². The van der Waals surface area contributed by atoms with Crippen LogP contribution < -0.4 is 29.4 Å². The van der Waals surface area contributed by atoms with Crippen LogP contribution in [0.1, 0.15) is 277 Å². The summed E-state index contributed by atoms with van der Waals surface area (Å²) in [7, 11) is 0. The Labute approximate surface area is 855 Å². The van der Waals surface area contributed by atoms with Crippen molar-refractivity contribution in [3.8, 4) is 0 Å². The van der Waals surface area contributed by atoms with Gasteiger partial charge in [0.15, 0.2) is 0 Å². The first-order valence-corrected chi connectivity index (χ1v) is 51.0. The van der Waals surface area contributed by atoms with Crippen LogP contribution in [-0.2, 0) is 54.1 Å². The quantitative estimate of drug-likeness (QED) is 0.0663. The van der Waals surface area contributed by atoms with E-state index < -0.39 is 5.41 Å². The molecule has 6 nitrogen and oxygen atoms in total. The van der Waals surface area contributed by atoms with Crippen molar-refractivity contribution < 1.29 is 0 Å². The zero-order valence-corrected chi connectivity index (χ0v) is 91.3. The minimum absolute atomic E-state index is 0.0523. The maximum Gasteiger partial charge on any atom is 0.0887 e. The fourth-order valence-electron chi connectivity index (χ4n) is 19.1. The molecule has 0 unspecified atom stereocenters. The Balaban J connectivity index is 0.940. The second-order valence-corrected chi connectivity index (χ2v) is 49.4. The summed E-state index contributed by atoms with van der Waals surface area (Å²) < 4.78 is 0. The van der Waals surface area contributed by atoms with Crippen LogP contribution in [0.15, 0.2) is 328 Å². The first-order chi connectivity index (χ1) is 65.4. The zero-order chi connectivity index (χ0) is 101. The van der Waals surface area contributed by atoms with Crippen LogP contribution in [0.25, 0.3) is 0 Å². The molecule has 9 heteroatoms. The molecule has 0 radical (unpaired) electrons. The largest absolute Gasteiger partial charge is 0.309 e. The second-order valence-electron chi connectivity index (χ2n) is 48.3. The van der Waals surface area contributed by atoms with Gasteiger partial charge in [-0.2, -0.15) is 0 Å². The van der Waals surface area contributed by atoms with Gasteiger partial charge in [0.2, 0.25) is 0 Å². The van der Waals surface area contributed by atoms with Crippen LogP contribution in [-0.4, -0.2) is 0 Å². The predicted octanol–water partition coefficient (Wildman–Crippen LogP) is 40.4. The molecule has 0 aromatic heterocycles. The van der Waals surface area contributed by atoms with E-state index >= 15 is 0 Å². The molecule has 15 aromatic carbocycles. The van der Waals surface area contributed by atoms with Gasteiger partial charge in [-0.15, -0.1) is 0 Å². The Hall–Kier alpha value is -12.0. The van der Waals surface area contributed by atoms with Crippen molar-refractivity contribution in [3.63, 3.8) is 0 Å². The molecular formula is C131H147Cl3N6. The van der Waals surface area contributed by atoms with Crippen molar-refractivity contribution in [1.82, 2.24) is 0 Å². The first-order valence-electron chi connectivity index (χ1n) is 49.9. The van der Waals surface area contributed by atoms with Crippen LogP contribution in [0.2, 0.25) is 15.1 Å². The van der Waals surface area contributed by atoms with Crippen LogP contribution in [0.4, 0.5) is 102 Å². The molecule has 0 amide bonds. The first kappa shape index (κ1) is 102. The summed E-state index contributed by atoms with van der Waals surface area (Å²) in [6.45, 7) is 70.3. The molecule has 0 saturated heterocycles. The third-order valence-corrected chi connectivity index (χ3v) is 29.2. The van der Waals surface area contributed by atoms with E-state index in [0.29, 0.717) is 15.1 Å². The van der Waals surface area contributed by atoms with Crippen molar-refractivity contribution in [2.24, 2.45) is 0 Å². The molecule has 0 aliphatic rings.